The number of ether oxygens (including phenoxy) is 4. The van der Waals surface area contributed by atoms with E-state index in [1.165, 1.54) is 38.2 Å². The third kappa shape index (κ3) is 11.6. The lowest BCUT2D eigenvalue weighted by atomic mass is 9.84. The summed E-state index contributed by atoms with van der Waals surface area (Å²) in [5.41, 5.74) is 5.79. The Hall–Kier alpha value is -5.60. The Labute approximate surface area is 402 Å². The van der Waals surface area contributed by atoms with Gasteiger partial charge in [0.1, 0.15) is 34.2 Å². The van der Waals surface area contributed by atoms with Crippen molar-refractivity contribution in [1.29, 1.82) is 0 Å². The first-order valence-corrected chi connectivity index (χ1v) is 24.1. The van der Waals surface area contributed by atoms with Crippen LogP contribution in [0.1, 0.15) is 163 Å². The topological polar surface area (TPSA) is 176 Å². The number of amides is 3. The number of benzene rings is 2. The first-order chi connectivity index (χ1) is 32.2. The van der Waals surface area contributed by atoms with Crippen molar-refractivity contribution in [2.75, 3.05) is 20.6 Å². The standard InChI is InChI=1S/C54H73N3O11/c1-33(2)16-11-18-35(5)20-13-23-53(7)45(60)28-39-43(59)26-37-42(48(39)67-53)31-57(51(37)63)47(65-32-58)22-15-25-56-30-41-38(50(56)62)27-44(66-52(64)55(9)10)40-29-46(61)54(8,68-49(40)41)24-14-21-36(6)19-12-17-34(3)4/h16-17,20-21,26-27,32,45-47,59-61H,11-15,18-19,22-25,28-31H2,1-10H3/b35-20+,36-21+/t45-,46-,47?,53+,54+/m0/s1. The number of nitrogens with zero attached hydrogens (tertiary/aromatic N) is 3. The number of hydrogen-bond donors (Lipinski definition) is 3. The zero-order valence-corrected chi connectivity index (χ0v) is 41.8. The summed E-state index contributed by atoms with van der Waals surface area (Å²) in [6.07, 6.45) is 12.3. The number of aliphatic hydroxyl groups excluding tert-OH is 2. The fraction of sp³-hybridized carbons (Fsp3) is 0.556. The van der Waals surface area contributed by atoms with Crippen molar-refractivity contribution in [3.05, 3.63) is 92.1 Å². The summed E-state index contributed by atoms with van der Waals surface area (Å²) in [6.45, 7) is 17.0. The van der Waals surface area contributed by atoms with E-state index in [1.807, 2.05) is 13.8 Å². The molecule has 4 heterocycles. The molecular weight excluding hydrogens is 867 g/mol. The van der Waals surface area contributed by atoms with Gasteiger partial charge in [-0.1, -0.05) is 46.6 Å². The molecule has 0 bridgehead atoms. The number of carbonyl (C=O) groups excluding carboxylic acids is 4. The van der Waals surface area contributed by atoms with Crippen molar-refractivity contribution in [2.24, 2.45) is 0 Å². The van der Waals surface area contributed by atoms with Crippen molar-refractivity contribution in [3.63, 3.8) is 0 Å². The average Bonchev–Trinajstić information content (AvgIpc) is 3.76. The van der Waals surface area contributed by atoms with E-state index in [1.54, 1.807) is 25.1 Å². The third-order valence-electron chi connectivity index (χ3n) is 13.9. The highest BCUT2D eigenvalue weighted by atomic mass is 16.6. The molecular formula is C54H73N3O11. The van der Waals surface area contributed by atoms with Gasteiger partial charge in [-0.3, -0.25) is 19.3 Å². The van der Waals surface area contributed by atoms with E-state index >= 15 is 0 Å². The van der Waals surface area contributed by atoms with Crippen molar-refractivity contribution >= 4 is 24.4 Å². The van der Waals surface area contributed by atoms with Gasteiger partial charge in [-0.05, 0) is 125 Å². The lowest BCUT2D eigenvalue weighted by Gasteiger charge is -2.41. The lowest BCUT2D eigenvalue weighted by molar-refractivity contribution is -0.141. The normalized spacial score (nSPS) is 22.3. The number of rotatable bonds is 20. The second kappa shape index (κ2) is 21.8. The van der Waals surface area contributed by atoms with Crippen molar-refractivity contribution < 1.29 is 53.4 Å². The molecule has 14 heteroatoms. The number of hydrogen-bond acceptors (Lipinski definition) is 11. The number of aromatic hydroxyl groups is 1. The van der Waals surface area contributed by atoms with Crippen LogP contribution in [-0.2, 0) is 35.5 Å². The fourth-order valence-electron chi connectivity index (χ4n) is 9.57. The van der Waals surface area contributed by atoms with Crippen LogP contribution in [0.2, 0.25) is 0 Å². The minimum absolute atomic E-state index is 0.0483. The van der Waals surface area contributed by atoms with Crippen molar-refractivity contribution in [1.82, 2.24) is 14.7 Å². The predicted octanol–water partition coefficient (Wildman–Crippen LogP) is 9.40. The van der Waals surface area contributed by atoms with Crippen LogP contribution in [0.5, 0.6) is 23.0 Å². The highest BCUT2D eigenvalue weighted by Gasteiger charge is 2.47. The molecule has 1 unspecified atom stereocenters. The third-order valence-corrected chi connectivity index (χ3v) is 13.9. The van der Waals surface area contributed by atoms with Gasteiger partial charge in [0.2, 0.25) is 0 Å². The fourth-order valence-corrected chi connectivity index (χ4v) is 9.57. The van der Waals surface area contributed by atoms with Crippen molar-refractivity contribution in [2.45, 2.75) is 175 Å². The molecule has 4 aliphatic heterocycles. The zero-order valence-electron chi connectivity index (χ0n) is 41.8. The predicted molar refractivity (Wildman–Crippen MR) is 260 cm³/mol. The van der Waals surface area contributed by atoms with E-state index in [4.69, 9.17) is 18.9 Å². The van der Waals surface area contributed by atoms with Gasteiger partial charge in [0, 0.05) is 62.2 Å². The van der Waals surface area contributed by atoms with Gasteiger partial charge >= 0.3 is 6.09 Å². The molecule has 14 nitrogen and oxygen atoms in total. The highest BCUT2D eigenvalue weighted by Crippen LogP contribution is 2.49. The quantitative estimate of drug-likeness (QED) is 0.0852. The smallest absolute Gasteiger partial charge is 0.414 e. The molecule has 370 valence electrons. The van der Waals surface area contributed by atoms with Crippen LogP contribution >= 0.6 is 0 Å². The Bertz CT molecular complexity index is 2370. The highest BCUT2D eigenvalue weighted by molar-refractivity contribution is 6.01. The lowest BCUT2D eigenvalue weighted by Crippen LogP contribution is -2.49. The van der Waals surface area contributed by atoms with E-state index in [9.17, 15) is 34.5 Å². The molecule has 3 N–H and O–H groups in total. The van der Waals surface area contributed by atoms with E-state index in [-0.39, 0.29) is 61.9 Å². The van der Waals surface area contributed by atoms with Gasteiger partial charge in [0.05, 0.1) is 36.4 Å². The molecule has 6 rings (SSSR count). The summed E-state index contributed by atoms with van der Waals surface area (Å²) in [7, 11) is 3.12. The largest absolute Gasteiger partial charge is 0.508 e. The van der Waals surface area contributed by atoms with Gasteiger partial charge in [0.25, 0.3) is 18.3 Å². The molecule has 0 saturated heterocycles. The van der Waals surface area contributed by atoms with Crippen LogP contribution in [-0.4, -0.2) is 105 Å². The maximum absolute atomic E-state index is 14.2. The number of fused-ring (bicyclic) bond motifs is 6. The summed E-state index contributed by atoms with van der Waals surface area (Å²) in [4.78, 5) is 57.4. The molecule has 2 aromatic rings. The molecule has 0 aliphatic carbocycles. The van der Waals surface area contributed by atoms with Gasteiger partial charge in [0.15, 0.2) is 6.23 Å². The first-order valence-electron chi connectivity index (χ1n) is 24.1. The molecule has 0 saturated carbocycles. The van der Waals surface area contributed by atoms with Crippen molar-refractivity contribution in [3.8, 4) is 23.0 Å². The Kier molecular flexibility index (Phi) is 16.6. The summed E-state index contributed by atoms with van der Waals surface area (Å²) in [5, 5.41) is 34.0. The Morgan fingerprint density at radius 1 is 0.779 bits per heavy atom. The molecule has 5 atom stereocenters. The van der Waals surface area contributed by atoms with Crippen LogP contribution in [0.25, 0.3) is 0 Å². The summed E-state index contributed by atoms with van der Waals surface area (Å²) in [5.74, 6) is 0.0588. The van der Waals surface area contributed by atoms with Crippen LogP contribution < -0.4 is 14.2 Å². The average molecular weight is 940 g/mol. The van der Waals surface area contributed by atoms with Crippen LogP contribution in [0, 0.1) is 0 Å². The first kappa shape index (κ1) is 51.8. The summed E-state index contributed by atoms with van der Waals surface area (Å²) < 4.78 is 24.6. The second-order valence-electron chi connectivity index (χ2n) is 20.3. The molecule has 0 spiro atoms. The maximum Gasteiger partial charge on any atom is 0.414 e. The Balaban J connectivity index is 1.16. The van der Waals surface area contributed by atoms with Crippen LogP contribution in [0.4, 0.5) is 4.79 Å². The molecule has 2 aromatic carbocycles. The van der Waals surface area contributed by atoms with E-state index in [2.05, 4.69) is 65.8 Å². The molecule has 3 amide bonds. The number of allylic oxidation sites excluding steroid dienone is 8. The Morgan fingerprint density at radius 3 is 1.85 bits per heavy atom. The molecule has 0 aromatic heterocycles. The minimum Gasteiger partial charge on any atom is -0.508 e. The van der Waals surface area contributed by atoms with Crippen LogP contribution in [0.3, 0.4) is 0 Å². The van der Waals surface area contributed by atoms with Gasteiger partial charge in [-0.2, -0.15) is 0 Å². The second-order valence-corrected chi connectivity index (χ2v) is 20.3. The van der Waals surface area contributed by atoms with E-state index in [0.29, 0.717) is 77.9 Å². The monoisotopic (exact) mass is 940 g/mol. The molecule has 4 aliphatic rings. The van der Waals surface area contributed by atoms with E-state index < -0.39 is 41.6 Å². The number of aliphatic hydroxyl groups is 2. The summed E-state index contributed by atoms with van der Waals surface area (Å²) in [6, 6.07) is 2.95. The molecule has 0 radical (unpaired) electrons. The van der Waals surface area contributed by atoms with Gasteiger partial charge in [-0.15, -0.1) is 0 Å². The minimum atomic E-state index is -0.995. The number of carbonyl (C=O) groups is 4. The Morgan fingerprint density at radius 2 is 1.31 bits per heavy atom. The molecule has 0 fully saturated rings. The zero-order chi connectivity index (χ0) is 49.7. The summed E-state index contributed by atoms with van der Waals surface area (Å²) >= 11 is 0. The number of phenols is 1. The molecule has 68 heavy (non-hydrogen) atoms. The van der Waals surface area contributed by atoms with Gasteiger partial charge in [-0.25, -0.2) is 4.79 Å². The number of phenolic OH excluding ortho intramolecular Hbond substituents is 1. The van der Waals surface area contributed by atoms with Gasteiger partial charge < -0.3 is 44.1 Å². The SMILES string of the molecule is CC(C)=CCC/C(C)=C/CC[C@@]1(C)Oc2c(c(O)cc3c2CN(C(CCCN2Cc4c(cc(OC(=O)N(C)C)c5c4O[C@](C)(CC/C=C(\C)CCC=C(C)C)[C@@H](O)C5)C2=O)OC=O)C3=O)C[C@@H]1O. The van der Waals surface area contributed by atoms with Crippen LogP contribution in [0.15, 0.2) is 58.7 Å². The maximum atomic E-state index is 14.2. The van der Waals surface area contributed by atoms with E-state index in [0.717, 1.165) is 25.7 Å².